The molecule has 0 radical (unpaired) electrons. The van der Waals surface area contributed by atoms with Crippen molar-refractivity contribution in [2.45, 2.75) is 41.4 Å². The highest BCUT2D eigenvalue weighted by atomic mass is 32.2. The average molecular weight is 490 g/mol. The summed E-state index contributed by atoms with van der Waals surface area (Å²) in [6.45, 7) is 0.186. The van der Waals surface area contributed by atoms with E-state index in [1.165, 1.54) is 35.2 Å². The molecule has 0 amide bonds. The van der Waals surface area contributed by atoms with E-state index in [4.69, 9.17) is 0 Å². The van der Waals surface area contributed by atoms with E-state index < -0.39 is 22.1 Å². The smallest absolute Gasteiger partial charge is 0.288 e. The Balaban J connectivity index is 1.56. The average Bonchev–Trinajstić information content (AvgIpc) is 3.28. The van der Waals surface area contributed by atoms with Crippen LogP contribution in [-0.2, 0) is 16.4 Å². The van der Waals surface area contributed by atoms with Crippen molar-refractivity contribution in [1.29, 1.82) is 0 Å². The van der Waals surface area contributed by atoms with Gasteiger partial charge < -0.3 is 0 Å². The molecule has 0 aromatic heterocycles. The minimum atomic E-state index is -4.35. The second kappa shape index (κ2) is 9.72. The lowest BCUT2D eigenvalue weighted by atomic mass is 10.1. The number of likely N-dealkylation sites (tertiary alicyclic amines) is 1. The molecule has 0 aliphatic carbocycles. The molecular formula is C26H23F4NO2S. The van der Waals surface area contributed by atoms with E-state index in [0.29, 0.717) is 12.0 Å². The maximum absolute atomic E-state index is 13.4. The van der Waals surface area contributed by atoms with Crippen molar-refractivity contribution in [2.75, 3.05) is 6.54 Å². The van der Waals surface area contributed by atoms with E-state index in [-0.39, 0.29) is 35.1 Å². The van der Waals surface area contributed by atoms with Crippen molar-refractivity contribution in [3.63, 3.8) is 0 Å². The Morgan fingerprint density at radius 3 is 2.09 bits per heavy atom. The van der Waals surface area contributed by atoms with Crippen LogP contribution in [0, 0.1) is 5.82 Å². The number of nitrogens with zero attached hydrogens (tertiary/aromatic N) is 1. The Hall–Kier alpha value is -2.97. The van der Waals surface area contributed by atoms with Gasteiger partial charge in [0.25, 0.3) is 0 Å². The highest BCUT2D eigenvalue weighted by Crippen LogP contribution is 2.35. The van der Waals surface area contributed by atoms with Crippen LogP contribution in [0.25, 0.3) is 12.2 Å². The lowest BCUT2D eigenvalue weighted by molar-refractivity contribution is -0.177. The molecule has 4 rings (SSSR count). The predicted molar refractivity (Wildman–Crippen MR) is 123 cm³/mol. The van der Waals surface area contributed by atoms with Crippen molar-refractivity contribution >= 4 is 22.0 Å². The van der Waals surface area contributed by atoms with E-state index in [2.05, 4.69) is 0 Å². The van der Waals surface area contributed by atoms with Gasteiger partial charge in [-0.1, -0.05) is 54.6 Å². The van der Waals surface area contributed by atoms with E-state index in [1.54, 1.807) is 54.6 Å². The Morgan fingerprint density at radius 2 is 1.47 bits per heavy atom. The fraction of sp³-hybridized carbons (Fsp3) is 0.231. The van der Waals surface area contributed by atoms with Crippen LogP contribution in [0.2, 0.25) is 0 Å². The molecule has 1 fully saturated rings. The van der Waals surface area contributed by atoms with Gasteiger partial charge in [0, 0.05) is 6.54 Å². The summed E-state index contributed by atoms with van der Waals surface area (Å²) >= 11 is 0. The van der Waals surface area contributed by atoms with Crippen LogP contribution in [0.3, 0.4) is 0 Å². The number of hydrogen-bond acceptors (Lipinski definition) is 3. The van der Waals surface area contributed by atoms with Gasteiger partial charge in [-0.15, -0.1) is 0 Å². The van der Waals surface area contributed by atoms with Crippen LogP contribution in [0.15, 0.2) is 82.6 Å². The maximum atomic E-state index is 13.4. The van der Waals surface area contributed by atoms with Gasteiger partial charge in [0.2, 0.25) is 9.84 Å². The van der Waals surface area contributed by atoms with Gasteiger partial charge in [-0.2, -0.15) is 13.2 Å². The monoisotopic (exact) mass is 489 g/mol. The molecule has 1 aliphatic rings. The second-order valence-corrected chi connectivity index (χ2v) is 10.2. The summed E-state index contributed by atoms with van der Waals surface area (Å²) in [7, 11) is -3.93. The summed E-state index contributed by atoms with van der Waals surface area (Å²) in [5.74, 6) is -0.328. The number of alkyl halides is 3. The molecule has 8 heteroatoms. The zero-order chi connectivity index (χ0) is 24.3. The van der Waals surface area contributed by atoms with Crippen LogP contribution >= 0.6 is 0 Å². The van der Waals surface area contributed by atoms with Gasteiger partial charge >= 0.3 is 6.18 Å². The lowest BCUT2D eigenvalue weighted by Gasteiger charge is -2.27. The highest BCUT2D eigenvalue weighted by molar-refractivity contribution is 7.91. The standard InChI is InChI=1S/C26H23F4NO2S/c27-22-13-9-19(10-14-22)7-8-20-11-15-23(16-12-20)34(32,33)24-5-2-1-4-21(24)18-31-17-3-6-25(31)26(28,29)30/h1-2,4-5,7-16,25H,3,6,17-18H2. The third kappa shape index (κ3) is 5.39. The molecule has 0 N–H and O–H groups in total. The fourth-order valence-electron chi connectivity index (χ4n) is 4.15. The minimum Gasteiger partial charge on any atom is -0.288 e. The van der Waals surface area contributed by atoms with Crippen molar-refractivity contribution in [1.82, 2.24) is 4.90 Å². The van der Waals surface area contributed by atoms with E-state index in [9.17, 15) is 26.0 Å². The number of halogens is 4. The third-order valence-electron chi connectivity index (χ3n) is 5.91. The SMILES string of the molecule is O=S(=O)(c1ccc(C=Cc2ccc(F)cc2)cc1)c1ccccc1CN1CCCC1C(F)(F)F. The van der Waals surface area contributed by atoms with E-state index >= 15 is 0 Å². The Labute approximate surface area is 196 Å². The first-order valence-corrected chi connectivity index (χ1v) is 12.3. The lowest BCUT2D eigenvalue weighted by Crippen LogP contribution is -2.40. The Bertz CT molecular complexity index is 1270. The molecule has 0 spiro atoms. The molecule has 3 aromatic rings. The molecule has 34 heavy (non-hydrogen) atoms. The number of sulfone groups is 1. The molecule has 1 aliphatic heterocycles. The van der Waals surface area contributed by atoms with Crippen LogP contribution in [0.1, 0.15) is 29.5 Å². The predicted octanol–water partition coefficient (Wildman–Crippen LogP) is 6.36. The third-order valence-corrected chi connectivity index (χ3v) is 7.78. The molecular weight excluding hydrogens is 466 g/mol. The highest BCUT2D eigenvalue weighted by Gasteiger charge is 2.45. The van der Waals surface area contributed by atoms with Crippen molar-refractivity contribution < 1.29 is 26.0 Å². The normalized spacial score (nSPS) is 17.5. The largest absolute Gasteiger partial charge is 0.404 e. The fourth-order valence-corrected chi connectivity index (χ4v) is 5.64. The second-order valence-electron chi connectivity index (χ2n) is 8.24. The quantitative estimate of drug-likeness (QED) is 0.299. The molecule has 1 saturated heterocycles. The van der Waals surface area contributed by atoms with E-state index in [0.717, 1.165) is 11.1 Å². The number of benzene rings is 3. The molecule has 0 bridgehead atoms. The van der Waals surface area contributed by atoms with Crippen LogP contribution < -0.4 is 0 Å². The van der Waals surface area contributed by atoms with Crippen molar-refractivity contribution in [3.05, 3.63) is 95.3 Å². The molecule has 1 heterocycles. The van der Waals surface area contributed by atoms with E-state index in [1.807, 2.05) is 0 Å². The topological polar surface area (TPSA) is 37.4 Å². The number of rotatable bonds is 6. The summed E-state index contributed by atoms with van der Waals surface area (Å²) < 4.78 is 79.8. The molecule has 178 valence electrons. The Morgan fingerprint density at radius 1 is 0.882 bits per heavy atom. The molecule has 0 saturated carbocycles. The number of hydrogen-bond donors (Lipinski definition) is 0. The zero-order valence-electron chi connectivity index (χ0n) is 18.2. The maximum Gasteiger partial charge on any atom is 0.404 e. The minimum absolute atomic E-state index is 0.0115. The summed E-state index contributed by atoms with van der Waals surface area (Å²) in [6, 6.07) is 16.9. The molecule has 3 nitrogen and oxygen atoms in total. The molecule has 3 aromatic carbocycles. The zero-order valence-corrected chi connectivity index (χ0v) is 19.0. The summed E-state index contributed by atoms with van der Waals surface area (Å²) in [5, 5.41) is 0. The van der Waals surface area contributed by atoms with Gasteiger partial charge in [-0.05, 0) is 66.4 Å². The summed E-state index contributed by atoms with van der Waals surface area (Å²) in [5.41, 5.74) is 1.90. The van der Waals surface area contributed by atoms with Crippen LogP contribution in [0.5, 0.6) is 0 Å². The summed E-state index contributed by atoms with van der Waals surface area (Å²) in [6.07, 6.45) is -0.341. The van der Waals surface area contributed by atoms with Gasteiger partial charge in [-0.25, -0.2) is 12.8 Å². The van der Waals surface area contributed by atoms with Gasteiger partial charge in [0.1, 0.15) is 11.9 Å². The first-order chi connectivity index (χ1) is 16.1. The Kier molecular flexibility index (Phi) is 6.91. The first-order valence-electron chi connectivity index (χ1n) is 10.8. The van der Waals surface area contributed by atoms with Gasteiger partial charge in [-0.3, -0.25) is 4.90 Å². The van der Waals surface area contributed by atoms with Crippen molar-refractivity contribution in [2.24, 2.45) is 0 Å². The van der Waals surface area contributed by atoms with Crippen LogP contribution in [-0.4, -0.2) is 32.1 Å². The van der Waals surface area contributed by atoms with Crippen molar-refractivity contribution in [3.8, 4) is 0 Å². The van der Waals surface area contributed by atoms with Crippen LogP contribution in [0.4, 0.5) is 17.6 Å². The molecule has 1 atom stereocenters. The van der Waals surface area contributed by atoms with Gasteiger partial charge in [0.15, 0.2) is 0 Å². The molecule has 1 unspecified atom stereocenters. The van der Waals surface area contributed by atoms with Gasteiger partial charge in [0.05, 0.1) is 9.79 Å². The first kappa shape index (κ1) is 24.2. The summed E-state index contributed by atoms with van der Waals surface area (Å²) in [4.78, 5) is 1.38.